The predicted octanol–water partition coefficient (Wildman–Crippen LogP) is 5.03. The van der Waals surface area contributed by atoms with Crippen molar-refractivity contribution in [2.45, 2.75) is 24.9 Å². The van der Waals surface area contributed by atoms with Gasteiger partial charge in [-0.3, -0.25) is 0 Å². The van der Waals surface area contributed by atoms with Crippen LogP contribution >= 0.6 is 11.6 Å². The Morgan fingerprint density at radius 2 is 1.54 bits per heavy atom. The van der Waals surface area contributed by atoms with Crippen LogP contribution in [0.15, 0.2) is 60.2 Å². The van der Waals surface area contributed by atoms with Crippen LogP contribution in [0.4, 0.5) is 4.39 Å². The first-order valence-corrected chi connectivity index (χ1v) is 8.47. The van der Waals surface area contributed by atoms with Gasteiger partial charge in [0.05, 0.1) is 19.3 Å². The Hall–Kier alpha value is -1.68. The molecule has 0 bridgehead atoms. The number of halogens is 2. The van der Waals surface area contributed by atoms with Crippen LogP contribution < -0.4 is 0 Å². The molecule has 1 saturated heterocycles. The molecule has 3 rings (SSSR count). The minimum Gasteiger partial charge on any atom is -0.387 e. The SMILES string of the molecule is O[C@@H](c1ccc(Cl)cc1)[C@@H](C=C1CCOCC1)c1ccc(F)cc1. The van der Waals surface area contributed by atoms with E-state index in [2.05, 4.69) is 6.08 Å². The molecule has 24 heavy (non-hydrogen) atoms. The largest absolute Gasteiger partial charge is 0.387 e. The Morgan fingerprint density at radius 1 is 0.958 bits per heavy atom. The molecule has 1 heterocycles. The summed E-state index contributed by atoms with van der Waals surface area (Å²) in [5.74, 6) is -0.517. The number of aliphatic hydroxyl groups is 1. The molecule has 2 aromatic carbocycles. The molecule has 0 radical (unpaired) electrons. The van der Waals surface area contributed by atoms with Crippen molar-refractivity contribution >= 4 is 11.6 Å². The topological polar surface area (TPSA) is 29.5 Å². The van der Waals surface area contributed by atoms with Gasteiger partial charge < -0.3 is 9.84 Å². The maximum Gasteiger partial charge on any atom is 0.123 e. The summed E-state index contributed by atoms with van der Waals surface area (Å²) in [6, 6.07) is 13.5. The van der Waals surface area contributed by atoms with Gasteiger partial charge in [-0.25, -0.2) is 4.39 Å². The fourth-order valence-electron chi connectivity index (χ4n) is 2.98. The van der Waals surface area contributed by atoms with E-state index in [0.717, 1.165) is 24.0 Å². The van der Waals surface area contributed by atoms with Crippen LogP contribution in [0.5, 0.6) is 0 Å². The summed E-state index contributed by atoms with van der Waals surface area (Å²) >= 11 is 5.94. The van der Waals surface area contributed by atoms with Gasteiger partial charge in [0.1, 0.15) is 5.82 Å². The molecule has 4 heteroatoms. The van der Waals surface area contributed by atoms with E-state index < -0.39 is 6.10 Å². The van der Waals surface area contributed by atoms with Crippen molar-refractivity contribution in [1.29, 1.82) is 0 Å². The first kappa shape index (κ1) is 17.2. The zero-order valence-corrected chi connectivity index (χ0v) is 14.0. The number of hydrogen-bond donors (Lipinski definition) is 1. The number of hydrogen-bond acceptors (Lipinski definition) is 2. The molecule has 0 spiro atoms. The first-order valence-electron chi connectivity index (χ1n) is 8.10. The average Bonchev–Trinajstić information content (AvgIpc) is 2.62. The molecule has 0 unspecified atom stereocenters. The van der Waals surface area contributed by atoms with Gasteiger partial charge in [0.25, 0.3) is 0 Å². The van der Waals surface area contributed by atoms with E-state index in [9.17, 15) is 9.50 Å². The van der Waals surface area contributed by atoms with Crippen molar-refractivity contribution in [3.8, 4) is 0 Å². The van der Waals surface area contributed by atoms with Crippen LogP contribution in [0.2, 0.25) is 5.02 Å². The highest BCUT2D eigenvalue weighted by atomic mass is 35.5. The molecule has 2 aromatic rings. The molecule has 1 aliphatic heterocycles. The van der Waals surface area contributed by atoms with E-state index in [1.165, 1.54) is 17.7 Å². The van der Waals surface area contributed by atoms with Crippen LogP contribution in [-0.4, -0.2) is 18.3 Å². The number of benzene rings is 2. The Bertz CT molecular complexity index is 687. The lowest BCUT2D eigenvalue weighted by molar-refractivity contribution is 0.117. The lowest BCUT2D eigenvalue weighted by Gasteiger charge is -2.24. The van der Waals surface area contributed by atoms with Crippen molar-refractivity contribution in [2.75, 3.05) is 13.2 Å². The van der Waals surface area contributed by atoms with Gasteiger partial charge in [-0.1, -0.05) is 47.5 Å². The average molecular weight is 347 g/mol. The highest BCUT2D eigenvalue weighted by molar-refractivity contribution is 6.30. The Balaban J connectivity index is 1.94. The lowest BCUT2D eigenvalue weighted by atomic mass is 9.86. The van der Waals surface area contributed by atoms with Gasteiger partial charge >= 0.3 is 0 Å². The van der Waals surface area contributed by atoms with Gasteiger partial charge in [0.15, 0.2) is 0 Å². The van der Waals surface area contributed by atoms with Crippen molar-refractivity contribution < 1.29 is 14.2 Å². The molecule has 1 aliphatic rings. The molecule has 126 valence electrons. The molecular weight excluding hydrogens is 327 g/mol. The molecule has 0 aliphatic carbocycles. The quantitative estimate of drug-likeness (QED) is 0.786. The fraction of sp³-hybridized carbons (Fsp3) is 0.300. The van der Waals surface area contributed by atoms with Crippen LogP contribution in [0.25, 0.3) is 0 Å². The van der Waals surface area contributed by atoms with E-state index in [1.807, 2.05) is 12.1 Å². The molecule has 0 aromatic heterocycles. The Kier molecular flexibility index (Phi) is 5.67. The number of ether oxygens (including phenoxy) is 1. The van der Waals surface area contributed by atoms with E-state index >= 15 is 0 Å². The Labute approximate surface area is 146 Å². The normalized spacial score (nSPS) is 17.4. The number of rotatable bonds is 4. The summed E-state index contributed by atoms with van der Waals surface area (Å²) in [7, 11) is 0. The van der Waals surface area contributed by atoms with E-state index in [-0.39, 0.29) is 11.7 Å². The van der Waals surface area contributed by atoms with Crippen molar-refractivity contribution in [1.82, 2.24) is 0 Å². The fourth-order valence-corrected chi connectivity index (χ4v) is 3.10. The van der Waals surface area contributed by atoms with Gasteiger partial charge in [-0.2, -0.15) is 0 Å². The molecule has 2 atom stereocenters. The van der Waals surface area contributed by atoms with E-state index in [4.69, 9.17) is 16.3 Å². The van der Waals surface area contributed by atoms with Gasteiger partial charge in [-0.05, 0) is 48.2 Å². The van der Waals surface area contributed by atoms with Crippen molar-refractivity contribution in [3.05, 3.63) is 82.1 Å². The second-order valence-corrected chi connectivity index (χ2v) is 6.45. The summed E-state index contributed by atoms with van der Waals surface area (Å²) < 4.78 is 18.7. The second-order valence-electron chi connectivity index (χ2n) is 6.01. The third-order valence-electron chi connectivity index (χ3n) is 4.36. The second kappa shape index (κ2) is 7.93. The van der Waals surface area contributed by atoms with Crippen LogP contribution in [0.3, 0.4) is 0 Å². The minimum absolute atomic E-state index is 0.236. The van der Waals surface area contributed by atoms with E-state index in [1.54, 1.807) is 24.3 Å². The van der Waals surface area contributed by atoms with E-state index in [0.29, 0.717) is 18.2 Å². The Morgan fingerprint density at radius 3 is 2.17 bits per heavy atom. The number of aliphatic hydroxyl groups excluding tert-OH is 1. The zero-order chi connectivity index (χ0) is 16.9. The maximum atomic E-state index is 13.3. The van der Waals surface area contributed by atoms with Crippen LogP contribution in [0.1, 0.15) is 36.0 Å². The standard InChI is InChI=1S/C20H20ClFO2/c21-17-5-1-16(2-6-17)20(23)19(13-14-9-11-24-12-10-14)15-3-7-18(22)8-4-15/h1-8,13,19-20,23H,9-12H2/t19-,20-/m0/s1. The summed E-state index contributed by atoms with van der Waals surface area (Å²) in [5, 5.41) is 11.5. The monoisotopic (exact) mass is 346 g/mol. The molecule has 1 N–H and O–H groups in total. The summed E-state index contributed by atoms with van der Waals surface area (Å²) in [6.45, 7) is 1.41. The van der Waals surface area contributed by atoms with Crippen molar-refractivity contribution in [3.63, 3.8) is 0 Å². The van der Waals surface area contributed by atoms with Gasteiger partial charge in [-0.15, -0.1) is 0 Å². The third-order valence-corrected chi connectivity index (χ3v) is 4.61. The molecule has 0 amide bonds. The van der Waals surface area contributed by atoms with Crippen LogP contribution in [0, 0.1) is 5.82 Å². The van der Waals surface area contributed by atoms with Gasteiger partial charge in [0.2, 0.25) is 0 Å². The highest BCUT2D eigenvalue weighted by Crippen LogP contribution is 2.35. The highest BCUT2D eigenvalue weighted by Gasteiger charge is 2.22. The molecule has 0 saturated carbocycles. The molecular formula is C20H20ClFO2. The first-order chi connectivity index (χ1) is 11.6. The zero-order valence-electron chi connectivity index (χ0n) is 13.3. The lowest BCUT2D eigenvalue weighted by Crippen LogP contribution is -2.13. The van der Waals surface area contributed by atoms with Gasteiger partial charge in [0, 0.05) is 10.9 Å². The smallest absolute Gasteiger partial charge is 0.123 e. The third kappa shape index (κ3) is 4.23. The maximum absolute atomic E-state index is 13.3. The molecule has 1 fully saturated rings. The molecule has 2 nitrogen and oxygen atoms in total. The summed E-state index contributed by atoms with van der Waals surface area (Å²) in [4.78, 5) is 0. The summed E-state index contributed by atoms with van der Waals surface area (Å²) in [5.41, 5.74) is 2.94. The summed E-state index contributed by atoms with van der Waals surface area (Å²) in [6.07, 6.45) is 3.12. The van der Waals surface area contributed by atoms with Crippen LogP contribution in [-0.2, 0) is 4.74 Å². The minimum atomic E-state index is -0.719. The predicted molar refractivity (Wildman–Crippen MR) is 93.7 cm³/mol. The van der Waals surface area contributed by atoms with Crippen molar-refractivity contribution in [2.24, 2.45) is 0 Å².